The van der Waals surface area contributed by atoms with Crippen LogP contribution in [-0.2, 0) is 13.0 Å². The molecule has 1 atom stereocenters. The number of aliphatic hydroxyl groups excluding tert-OH is 1. The number of anilines is 1. The second-order valence-electron chi connectivity index (χ2n) is 8.79. The zero-order chi connectivity index (χ0) is 23.7. The number of halogens is 2. The van der Waals surface area contributed by atoms with Gasteiger partial charge in [0.15, 0.2) is 17.3 Å². The van der Waals surface area contributed by atoms with E-state index in [9.17, 15) is 13.9 Å². The molecule has 1 aliphatic heterocycles. The quantitative estimate of drug-likeness (QED) is 0.346. The van der Waals surface area contributed by atoms with Gasteiger partial charge in [0.05, 0.1) is 12.8 Å². The first-order valence-electron chi connectivity index (χ1n) is 11.5. The minimum atomic E-state index is -0.596. The molecular formula is C25H28F2N4O3. The van der Waals surface area contributed by atoms with Crippen LogP contribution in [0.15, 0.2) is 30.3 Å². The Hall–Kier alpha value is -3.17. The maximum absolute atomic E-state index is 14.0. The maximum Gasteiger partial charge on any atom is 0.161 e. The van der Waals surface area contributed by atoms with E-state index >= 15 is 0 Å². The van der Waals surface area contributed by atoms with Crippen LogP contribution in [0.25, 0.3) is 11.3 Å². The molecule has 180 valence electrons. The van der Waals surface area contributed by atoms with Crippen LogP contribution in [0.2, 0.25) is 0 Å². The van der Waals surface area contributed by atoms with Gasteiger partial charge >= 0.3 is 0 Å². The first-order valence-corrected chi connectivity index (χ1v) is 11.5. The third-order valence-corrected chi connectivity index (χ3v) is 6.49. The van der Waals surface area contributed by atoms with Crippen molar-refractivity contribution >= 4 is 5.82 Å². The Morgan fingerprint density at radius 2 is 1.94 bits per heavy atom. The standard InChI is InChI=1S/C25H28F2N4O3/c1-33-22-11-17-15(10-23(22)34-14-16(32)13-31-7-2-3-8-31)9-18-24(17)29-30-25(18)28-12-19-20(26)5-4-6-21(19)27/h4-6,10-11,16,32H,2-3,7-9,12-14H2,1H3,(H2,28,29,30). The molecule has 1 saturated heterocycles. The summed E-state index contributed by atoms with van der Waals surface area (Å²) >= 11 is 0. The number of aliphatic hydroxyl groups is 1. The number of methoxy groups -OCH3 is 1. The number of aromatic amines is 1. The van der Waals surface area contributed by atoms with E-state index in [-0.39, 0.29) is 18.7 Å². The van der Waals surface area contributed by atoms with Gasteiger partial charge in [0.1, 0.15) is 24.3 Å². The van der Waals surface area contributed by atoms with E-state index in [1.54, 1.807) is 7.11 Å². The second kappa shape index (κ2) is 9.60. The Balaban J connectivity index is 1.29. The topological polar surface area (TPSA) is 82.6 Å². The molecule has 5 rings (SSSR count). The Kier molecular flexibility index (Phi) is 6.38. The van der Waals surface area contributed by atoms with Crippen LogP contribution in [0.4, 0.5) is 14.6 Å². The minimum Gasteiger partial charge on any atom is -0.493 e. The maximum atomic E-state index is 14.0. The third kappa shape index (κ3) is 4.45. The summed E-state index contributed by atoms with van der Waals surface area (Å²) in [7, 11) is 1.58. The highest BCUT2D eigenvalue weighted by Gasteiger charge is 2.27. The summed E-state index contributed by atoms with van der Waals surface area (Å²) in [6.45, 7) is 2.80. The summed E-state index contributed by atoms with van der Waals surface area (Å²) < 4.78 is 39.4. The first-order chi connectivity index (χ1) is 16.5. The number of hydrogen-bond donors (Lipinski definition) is 3. The van der Waals surface area contributed by atoms with E-state index in [4.69, 9.17) is 9.47 Å². The number of nitrogens with one attached hydrogen (secondary N) is 2. The average molecular weight is 471 g/mol. The molecule has 0 saturated carbocycles. The van der Waals surface area contributed by atoms with Gasteiger partial charge in [-0.15, -0.1) is 0 Å². The van der Waals surface area contributed by atoms with Crippen molar-refractivity contribution in [3.63, 3.8) is 0 Å². The van der Waals surface area contributed by atoms with Gasteiger partial charge in [-0.25, -0.2) is 8.78 Å². The van der Waals surface area contributed by atoms with Crippen LogP contribution < -0.4 is 14.8 Å². The summed E-state index contributed by atoms with van der Waals surface area (Å²) in [5.74, 6) is 0.499. The highest BCUT2D eigenvalue weighted by Crippen LogP contribution is 2.44. The molecule has 9 heteroatoms. The fourth-order valence-corrected chi connectivity index (χ4v) is 4.73. The number of likely N-dealkylation sites (tertiary alicyclic amines) is 1. The van der Waals surface area contributed by atoms with Crippen molar-refractivity contribution < 1.29 is 23.4 Å². The molecule has 0 bridgehead atoms. The molecule has 1 unspecified atom stereocenters. The van der Waals surface area contributed by atoms with Crippen LogP contribution in [0, 0.1) is 11.6 Å². The van der Waals surface area contributed by atoms with E-state index in [1.165, 1.54) is 31.0 Å². The van der Waals surface area contributed by atoms with Gasteiger partial charge in [-0.2, -0.15) is 5.10 Å². The molecule has 34 heavy (non-hydrogen) atoms. The van der Waals surface area contributed by atoms with Crippen molar-refractivity contribution in [1.29, 1.82) is 0 Å². The van der Waals surface area contributed by atoms with Crippen LogP contribution >= 0.6 is 0 Å². The second-order valence-corrected chi connectivity index (χ2v) is 8.79. The Morgan fingerprint density at radius 3 is 2.68 bits per heavy atom. The lowest BCUT2D eigenvalue weighted by molar-refractivity contribution is 0.0747. The molecular weight excluding hydrogens is 442 g/mol. The fraction of sp³-hybridized carbons (Fsp3) is 0.400. The number of benzene rings is 2. The zero-order valence-corrected chi connectivity index (χ0v) is 19.0. The van der Waals surface area contributed by atoms with Gasteiger partial charge in [0.2, 0.25) is 0 Å². The van der Waals surface area contributed by atoms with E-state index in [2.05, 4.69) is 20.4 Å². The predicted octanol–water partition coefficient (Wildman–Crippen LogP) is 3.72. The van der Waals surface area contributed by atoms with E-state index in [1.807, 2.05) is 12.1 Å². The predicted molar refractivity (Wildman–Crippen MR) is 124 cm³/mol. The van der Waals surface area contributed by atoms with Crippen molar-refractivity contribution in [2.75, 3.05) is 38.7 Å². The zero-order valence-electron chi connectivity index (χ0n) is 19.0. The fourth-order valence-electron chi connectivity index (χ4n) is 4.73. The van der Waals surface area contributed by atoms with E-state index in [0.29, 0.717) is 30.3 Å². The van der Waals surface area contributed by atoms with Gasteiger partial charge in [-0.05, 0) is 55.8 Å². The summed E-state index contributed by atoms with van der Waals surface area (Å²) in [5.41, 5.74) is 3.69. The molecule has 0 amide bonds. The van der Waals surface area contributed by atoms with Crippen LogP contribution in [0.1, 0.15) is 29.5 Å². The van der Waals surface area contributed by atoms with Crippen LogP contribution in [0.5, 0.6) is 11.5 Å². The van der Waals surface area contributed by atoms with Crippen molar-refractivity contribution in [2.45, 2.75) is 31.9 Å². The van der Waals surface area contributed by atoms with Crippen LogP contribution in [-0.4, -0.2) is 59.7 Å². The molecule has 7 nitrogen and oxygen atoms in total. The highest BCUT2D eigenvalue weighted by molar-refractivity contribution is 5.80. The minimum absolute atomic E-state index is 0.0151. The average Bonchev–Trinajstić information content (AvgIpc) is 3.54. The normalized spacial score (nSPS) is 15.8. The number of fused-ring (bicyclic) bond motifs is 3. The van der Waals surface area contributed by atoms with Crippen molar-refractivity contribution in [3.05, 3.63) is 58.7 Å². The van der Waals surface area contributed by atoms with Crippen LogP contribution in [0.3, 0.4) is 0 Å². The number of rotatable bonds is 9. The number of H-pyrrole nitrogens is 1. The molecule has 3 aromatic rings. The Morgan fingerprint density at radius 1 is 1.18 bits per heavy atom. The number of hydrogen-bond acceptors (Lipinski definition) is 6. The largest absolute Gasteiger partial charge is 0.493 e. The number of aromatic nitrogens is 2. The summed E-state index contributed by atoms with van der Waals surface area (Å²) in [6, 6.07) is 7.63. The van der Waals surface area contributed by atoms with Crippen molar-refractivity contribution in [2.24, 2.45) is 0 Å². The summed E-state index contributed by atoms with van der Waals surface area (Å²) in [6.07, 6.45) is 2.35. The first kappa shape index (κ1) is 22.6. The third-order valence-electron chi connectivity index (χ3n) is 6.49. The summed E-state index contributed by atoms with van der Waals surface area (Å²) in [5, 5.41) is 20.8. The van der Waals surface area contributed by atoms with Gasteiger partial charge in [-0.3, -0.25) is 5.10 Å². The number of β-amino-alcohol motifs (C(OH)–C–C–N with tert-alkyl or cyclic N) is 1. The Labute approximate surface area is 196 Å². The molecule has 0 spiro atoms. The SMILES string of the molecule is COc1cc2c(cc1OCC(O)CN1CCCC1)Cc1c(NCc3c(F)cccc3F)n[nH]c1-2. The van der Waals surface area contributed by atoms with Gasteiger partial charge in [0.25, 0.3) is 0 Å². The number of ether oxygens (including phenoxy) is 2. The molecule has 2 aliphatic rings. The van der Waals surface area contributed by atoms with Crippen molar-refractivity contribution in [1.82, 2.24) is 15.1 Å². The lowest BCUT2D eigenvalue weighted by atomic mass is 10.1. The lowest BCUT2D eigenvalue weighted by Crippen LogP contribution is -2.33. The van der Waals surface area contributed by atoms with Crippen molar-refractivity contribution in [3.8, 4) is 22.8 Å². The highest BCUT2D eigenvalue weighted by atomic mass is 19.1. The Bertz CT molecular complexity index is 1160. The van der Waals surface area contributed by atoms with E-state index in [0.717, 1.165) is 35.5 Å². The summed E-state index contributed by atoms with van der Waals surface area (Å²) in [4.78, 5) is 2.25. The smallest absolute Gasteiger partial charge is 0.161 e. The number of nitrogens with zero attached hydrogens (tertiary/aromatic N) is 2. The molecule has 0 radical (unpaired) electrons. The van der Waals surface area contributed by atoms with Gasteiger partial charge < -0.3 is 24.8 Å². The molecule has 2 aromatic carbocycles. The monoisotopic (exact) mass is 470 g/mol. The molecule has 1 fully saturated rings. The molecule has 3 N–H and O–H groups in total. The van der Waals surface area contributed by atoms with Gasteiger partial charge in [0, 0.05) is 36.2 Å². The van der Waals surface area contributed by atoms with Gasteiger partial charge in [-0.1, -0.05) is 6.07 Å². The molecule has 1 aromatic heterocycles. The molecule has 2 heterocycles. The molecule has 1 aliphatic carbocycles. The van der Waals surface area contributed by atoms with E-state index < -0.39 is 17.7 Å². The lowest BCUT2D eigenvalue weighted by Gasteiger charge is -2.20.